The number of imidazole rings is 1. The summed E-state index contributed by atoms with van der Waals surface area (Å²) in [6, 6.07) is 4.24. The molecule has 0 atom stereocenters. The number of carbonyl (C=O) groups is 1. The molecule has 1 N–H and O–H groups in total. The summed E-state index contributed by atoms with van der Waals surface area (Å²) in [5.41, 5.74) is 4.48. The molecule has 0 spiro atoms. The van der Waals surface area contributed by atoms with Gasteiger partial charge >= 0.3 is 5.97 Å². The Kier molecular flexibility index (Phi) is 4.66. The topological polar surface area (TPSA) is 55.1 Å². The zero-order valence-corrected chi connectivity index (χ0v) is 13.3. The van der Waals surface area contributed by atoms with E-state index in [1.807, 2.05) is 0 Å². The third-order valence-corrected chi connectivity index (χ3v) is 4.29. The van der Waals surface area contributed by atoms with Gasteiger partial charge < -0.3 is 9.67 Å². The SMILES string of the molecule is CCC(CC)c1nc2cc(C)c(C)cc2n1CCC(=O)O. The number of fused-ring (bicyclic) bond motifs is 1. The second-order valence-corrected chi connectivity index (χ2v) is 5.70. The van der Waals surface area contributed by atoms with Crippen molar-refractivity contribution < 1.29 is 9.90 Å². The smallest absolute Gasteiger partial charge is 0.305 e. The first-order valence-electron chi connectivity index (χ1n) is 7.67. The van der Waals surface area contributed by atoms with E-state index in [0.29, 0.717) is 12.5 Å². The van der Waals surface area contributed by atoms with Gasteiger partial charge in [0.15, 0.2) is 0 Å². The highest BCUT2D eigenvalue weighted by molar-refractivity contribution is 5.78. The Morgan fingerprint density at radius 2 is 1.86 bits per heavy atom. The summed E-state index contributed by atoms with van der Waals surface area (Å²) in [6.45, 7) is 8.97. The third kappa shape index (κ3) is 3.09. The molecule has 0 saturated heterocycles. The summed E-state index contributed by atoms with van der Waals surface area (Å²) in [4.78, 5) is 15.7. The van der Waals surface area contributed by atoms with Crippen LogP contribution in [0.5, 0.6) is 0 Å². The van der Waals surface area contributed by atoms with Gasteiger partial charge in [-0.05, 0) is 49.9 Å². The minimum absolute atomic E-state index is 0.130. The molecular weight excluding hydrogens is 264 g/mol. The van der Waals surface area contributed by atoms with Crippen molar-refractivity contribution in [2.75, 3.05) is 0 Å². The van der Waals surface area contributed by atoms with E-state index in [4.69, 9.17) is 10.1 Å². The highest BCUT2D eigenvalue weighted by Gasteiger charge is 2.18. The number of hydrogen-bond donors (Lipinski definition) is 1. The Bertz CT molecular complexity index is 654. The van der Waals surface area contributed by atoms with Crippen LogP contribution < -0.4 is 0 Å². The molecule has 1 heterocycles. The van der Waals surface area contributed by atoms with E-state index >= 15 is 0 Å². The molecule has 0 aliphatic heterocycles. The number of aromatic nitrogens is 2. The van der Waals surface area contributed by atoms with E-state index in [9.17, 15) is 4.79 Å². The predicted molar refractivity (Wildman–Crippen MR) is 84.8 cm³/mol. The summed E-state index contributed by atoms with van der Waals surface area (Å²) in [5.74, 6) is 0.643. The summed E-state index contributed by atoms with van der Waals surface area (Å²) in [6.07, 6.45) is 2.17. The van der Waals surface area contributed by atoms with Crippen LogP contribution in [0, 0.1) is 13.8 Å². The van der Waals surface area contributed by atoms with Crippen LogP contribution in [-0.2, 0) is 11.3 Å². The fourth-order valence-corrected chi connectivity index (χ4v) is 2.81. The lowest BCUT2D eigenvalue weighted by Crippen LogP contribution is -2.11. The van der Waals surface area contributed by atoms with E-state index in [1.54, 1.807) is 0 Å². The summed E-state index contributed by atoms with van der Waals surface area (Å²) >= 11 is 0. The molecule has 0 unspecified atom stereocenters. The second-order valence-electron chi connectivity index (χ2n) is 5.70. The Balaban J connectivity index is 2.59. The highest BCUT2D eigenvalue weighted by Crippen LogP contribution is 2.28. The molecule has 1 aromatic heterocycles. The summed E-state index contributed by atoms with van der Waals surface area (Å²) in [7, 11) is 0. The standard InChI is InChI=1S/C17H24N2O2/c1-5-13(6-2)17-18-14-9-11(3)12(4)10-15(14)19(17)8-7-16(20)21/h9-10,13H,5-8H2,1-4H3,(H,20,21). The van der Waals surface area contributed by atoms with E-state index in [2.05, 4.69) is 44.4 Å². The zero-order valence-electron chi connectivity index (χ0n) is 13.3. The molecule has 0 bridgehead atoms. The van der Waals surface area contributed by atoms with E-state index < -0.39 is 5.97 Å². The molecule has 0 fully saturated rings. The van der Waals surface area contributed by atoms with Gasteiger partial charge in [-0.25, -0.2) is 4.98 Å². The van der Waals surface area contributed by atoms with Crippen LogP contribution >= 0.6 is 0 Å². The third-order valence-electron chi connectivity index (χ3n) is 4.29. The Morgan fingerprint density at radius 3 is 2.43 bits per heavy atom. The maximum atomic E-state index is 10.9. The Hall–Kier alpha value is -1.84. The number of aryl methyl sites for hydroxylation is 3. The first-order chi connectivity index (χ1) is 9.97. The monoisotopic (exact) mass is 288 g/mol. The molecule has 4 nitrogen and oxygen atoms in total. The van der Waals surface area contributed by atoms with Gasteiger partial charge in [-0.15, -0.1) is 0 Å². The molecule has 0 radical (unpaired) electrons. The van der Waals surface area contributed by atoms with Crippen LogP contribution in [-0.4, -0.2) is 20.6 Å². The molecule has 2 rings (SSSR count). The molecule has 2 aromatic rings. The average Bonchev–Trinajstić information content (AvgIpc) is 2.76. The van der Waals surface area contributed by atoms with Gasteiger partial charge in [-0.2, -0.15) is 0 Å². The van der Waals surface area contributed by atoms with Gasteiger partial charge in [0.05, 0.1) is 17.5 Å². The Labute approximate surface area is 125 Å². The maximum Gasteiger partial charge on any atom is 0.305 e. The lowest BCUT2D eigenvalue weighted by Gasteiger charge is -2.15. The van der Waals surface area contributed by atoms with Gasteiger partial charge in [0.2, 0.25) is 0 Å². The molecule has 1 aromatic carbocycles. The number of rotatable bonds is 6. The molecule has 0 aliphatic rings. The molecule has 0 aliphatic carbocycles. The van der Waals surface area contributed by atoms with Crippen molar-refractivity contribution in [2.24, 2.45) is 0 Å². The fourth-order valence-electron chi connectivity index (χ4n) is 2.81. The molecule has 114 valence electrons. The van der Waals surface area contributed by atoms with Crippen LogP contribution in [0.1, 0.15) is 56.0 Å². The molecule has 0 amide bonds. The average molecular weight is 288 g/mol. The van der Waals surface area contributed by atoms with Crippen LogP contribution in [0.4, 0.5) is 0 Å². The lowest BCUT2D eigenvalue weighted by molar-refractivity contribution is -0.137. The molecular formula is C17H24N2O2. The number of aliphatic carboxylic acids is 1. The minimum atomic E-state index is -0.767. The minimum Gasteiger partial charge on any atom is -0.481 e. The summed E-state index contributed by atoms with van der Waals surface area (Å²) < 4.78 is 2.10. The van der Waals surface area contributed by atoms with E-state index in [1.165, 1.54) is 11.1 Å². The molecule has 21 heavy (non-hydrogen) atoms. The number of benzene rings is 1. The maximum absolute atomic E-state index is 10.9. The van der Waals surface area contributed by atoms with Crippen LogP contribution in [0.2, 0.25) is 0 Å². The fraction of sp³-hybridized carbons (Fsp3) is 0.529. The van der Waals surface area contributed by atoms with Gasteiger partial charge in [0.25, 0.3) is 0 Å². The zero-order chi connectivity index (χ0) is 15.6. The van der Waals surface area contributed by atoms with Gasteiger partial charge in [0.1, 0.15) is 5.82 Å². The quantitative estimate of drug-likeness (QED) is 0.873. The van der Waals surface area contributed by atoms with Crippen LogP contribution in [0.3, 0.4) is 0 Å². The van der Waals surface area contributed by atoms with E-state index in [0.717, 1.165) is 29.7 Å². The highest BCUT2D eigenvalue weighted by atomic mass is 16.4. The second kappa shape index (κ2) is 6.29. The van der Waals surface area contributed by atoms with Crippen LogP contribution in [0.25, 0.3) is 11.0 Å². The molecule has 4 heteroatoms. The van der Waals surface area contributed by atoms with Crippen molar-refractivity contribution >= 4 is 17.0 Å². The largest absolute Gasteiger partial charge is 0.481 e. The van der Waals surface area contributed by atoms with Crippen molar-refractivity contribution in [1.29, 1.82) is 0 Å². The van der Waals surface area contributed by atoms with Gasteiger partial charge in [-0.3, -0.25) is 4.79 Å². The number of hydrogen-bond acceptors (Lipinski definition) is 2. The van der Waals surface area contributed by atoms with Crippen molar-refractivity contribution in [3.63, 3.8) is 0 Å². The van der Waals surface area contributed by atoms with Crippen molar-refractivity contribution in [1.82, 2.24) is 9.55 Å². The van der Waals surface area contributed by atoms with Crippen molar-refractivity contribution in [3.8, 4) is 0 Å². The first kappa shape index (κ1) is 15.5. The lowest BCUT2D eigenvalue weighted by atomic mass is 10.0. The van der Waals surface area contributed by atoms with Crippen LogP contribution in [0.15, 0.2) is 12.1 Å². The van der Waals surface area contributed by atoms with E-state index in [-0.39, 0.29) is 6.42 Å². The Morgan fingerprint density at radius 1 is 1.24 bits per heavy atom. The van der Waals surface area contributed by atoms with Gasteiger partial charge in [-0.1, -0.05) is 13.8 Å². The number of nitrogens with zero attached hydrogens (tertiary/aromatic N) is 2. The predicted octanol–water partition coefficient (Wildman–Crippen LogP) is 4.03. The van der Waals surface area contributed by atoms with Gasteiger partial charge in [0, 0.05) is 12.5 Å². The van der Waals surface area contributed by atoms with Crippen molar-refractivity contribution in [3.05, 3.63) is 29.1 Å². The molecule has 0 saturated carbocycles. The summed E-state index contributed by atoms with van der Waals surface area (Å²) in [5, 5.41) is 8.99. The first-order valence-corrected chi connectivity index (χ1v) is 7.67. The number of carboxylic acids is 1. The number of carboxylic acid groups (broad SMARTS) is 1. The van der Waals surface area contributed by atoms with Crippen molar-refractivity contribution in [2.45, 2.75) is 59.4 Å². The normalized spacial score (nSPS) is 11.5.